The van der Waals surface area contributed by atoms with E-state index >= 15 is 0 Å². The minimum Gasteiger partial charge on any atom is -0.480 e. The first kappa shape index (κ1) is 30.7. The molecule has 3 N–H and O–H groups in total. The third-order valence-corrected chi connectivity index (χ3v) is 9.03. The SMILES string of the molecule is CCC(=O)CCCCCCc1ncc(-c2cc3ccccc3nc2OC)[nH]1.CN(C)C1CCC2(CC1)CC2C(N)=O. The molecule has 0 aliphatic heterocycles. The number of Topliss-reactive ketones (excluding diaryl/α,β-unsaturated/α-hetero) is 1. The Morgan fingerprint density at radius 2 is 1.85 bits per heavy atom. The van der Waals surface area contributed by atoms with Crippen LogP contribution in [0.1, 0.15) is 83.4 Å². The molecule has 2 aliphatic rings. The zero-order valence-corrected chi connectivity index (χ0v) is 25.2. The fourth-order valence-electron chi connectivity index (χ4n) is 6.21. The molecule has 2 fully saturated rings. The molecule has 8 heteroatoms. The Morgan fingerprint density at radius 3 is 2.51 bits per heavy atom. The molecule has 3 aromatic rings. The number of nitrogens with one attached hydrogen (secondary N) is 1. The van der Waals surface area contributed by atoms with Crippen molar-refractivity contribution in [3.63, 3.8) is 0 Å². The number of aryl methyl sites for hydroxylation is 1. The van der Waals surface area contributed by atoms with Gasteiger partial charge in [0.05, 0.1) is 30.1 Å². The first-order valence-corrected chi connectivity index (χ1v) is 15.2. The lowest BCUT2D eigenvalue weighted by atomic mass is 9.81. The molecule has 8 nitrogen and oxygen atoms in total. The molecule has 1 unspecified atom stereocenters. The van der Waals surface area contributed by atoms with Crippen LogP contribution in [-0.2, 0) is 16.0 Å². The Hall–Kier alpha value is -3.26. The molecular formula is C33H47N5O3. The van der Waals surface area contributed by atoms with Gasteiger partial charge in [-0.15, -0.1) is 0 Å². The number of amides is 1. The molecule has 2 aromatic heterocycles. The predicted octanol–water partition coefficient (Wildman–Crippen LogP) is 6.09. The van der Waals surface area contributed by atoms with Gasteiger partial charge in [-0.25, -0.2) is 9.97 Å². The number of ketones is 1. The predicted molar refractivity (Wildman–Crippen MR) is 164 cm³/mol. The molecule has 2 saturated carbocycles. The number of hydrogen-bond donors (Lipinski definition) is 2. The lowest BCUT2D eigenvalue weighted by molar-refractivity contribution is -0.120. The van der Waals surface area contributed by atoms with Crippen molar-refractivity contribution in [3.8, 4) is 17.1 Å². The number of aromatic amines is 1. The summed E-state index contributed by atoms with van der Waals surface area (Å²) < 4.78 is 5.48. The lowest BCUT2D eigenvalue weighted by Gasteiger charge is -2.33. The van der Waals surface area contributed by atoms with Gasteiger partial charge in [0.1, 0.15) is 11.6 Å². The van der Waals surface area contributed by atoms with E-state index in [2.05, 4.69) is 40.0 Å². The van der Waals surface area contributed by atoms with Crippen LogP contribution in [0.2, 0.25) is 0 Å². The highest BCUT2D eigenvalue weighted by molar-refractivity contribution is 5.85. The van der Waals surface area contributed by atoms with Crippen LogP contribution < -0.4 is 10.5 Å². The Balaban J connectivity index is 0.000000231. The van der Waals surface area contributed by atoms with Crippen LogP contribution in [-0.4, -0.2) is 58.8 Å². The summed E-state index contributed by atoms with van der Waals surface area (Å²) in [6.45, 7) is 1.93. The van der Waals surface area contributed by atoms with Crippen molar-refractivity contribution in [1.29, 1.82) is 0 Å². The highest BCUT2D eigenvalue weighted by atomic mass is 16.5. The van der Waals surface area contributed by atoms with E-state index in [0.717, 1.165) is 79.0 Å². The minimum absolute atomic E-state index is 0.0756. The van der Waals surface area contributed by atoms with Crippen molar-refractivity contribution in [2.45, 2.75) is 90.0 Å². The number of para-hydroxylation sites is 1. The Labute approximate surface area is 244 Å². The van der Waals surface area contributed by atoms with Crippen molar-refractivity contribution >= 4 is 22.6 Å². The van der Waals surface area contributed by atoms with Gasteiger partial charge < -0.3 is 20.4 Å². The Bertz CT molecular complexity index is 1310. The molecule has 1 aromatic carbocycles. The second-order valence-corrected chi connectivity index (χ2v) is 12.0. The van der Waals surface area contributed by atoms with Gasteiger partial charge in [-0.1, -0.05) is 38.0 Å². The van der Waals surface area contributed by atoms with Crippen LogP contribution in [0.5, 0.6) is 5.88 Å². The molecule has 1 amide bonds. The summed E-state index contributed by atoms with van der Waals surface area (Å²) in [6, 6.07) is 10.8. The number of H-pyrrole nitrogens is 1. The third kappa shape index (κ3) is 7.94. The number of ether oxygens (including phenoxy) is 1. The number of pyridine rings is 1. The number of benzene rings is 1. The number of fused-ring (bicyclic) bond motifs is 1. The molecule has 2 heterocycles. The van der Waals surface area contributed by atoms with E-state index in [1.807, 2.05) is 37.4 Å². The molecular weight excluding hydrogens is 514 g/mol. The maximum absolute atomic E-state index is 11.3. The van der Waals surface area contributed by atoms with Gasteiger partial charge >= 0.3 is 0 Å². The maximum atomic E-state index is 11.3. The number of imidazole rings is 1. The summed E-state index contributed by atoms with van der Waals surface area (Å²) in [5.41, 5.74) is 8.44. The van der Waals surface area contributed by atoms with Crippen molar-refractivity contribution in [3.05, 3.63) is 42.4 Å². The fraction of sp³-hybridized carbons (Fsp3) is 0.576. The van der Waals surface area contributed by atoms with Crippen molar-refractivity contribution in [2.24, 2.45) is 17.1 Å². The molecule has 222 valence electrons. The fourth-order valence-corrected chi connectivity index (χ4v) is 6.21. The largest absolute Gasteiger partial charge is 0.480 e. The van der Waals surface area contributed by atoms with Crippen LogP contribution >= 0.6 is 0 Å². The van der Waals surface area contributed by atoms with E-state index in [1.165, 1.54) is 25.7 Å². The van der Waals surface area contributed by atoms with Crippen molar-refractivity contribution in [2.75, 3.05) is 21.2 Å². The smallest absolute Gasteiger partial charge is 0.223 e. The second kappa shape index (κ2) is 14.1. The average molecular weight is 562 g/mol. The van der Waals surface area contributed by atoms with E-state index < -0.39 is 0 Å². The number of methoxy groups -OCH3 is 1. The average Bonchev–Trinajstić information content (AvgIpc) is 3.47. The van der Waals surface area contributed by atoms with Crippen molar-refractivity contribution < 1.29 is 14.3 Å². The number of aromatic nitrogens is 3. The molecule has 0 bridgehead atoms. The van der Waals surface area contributed by atoms with Crippen LogP contribution in [0, 0.1) is 11.3 Å². The quantitative estimate of drug-likeness (QED) is 0.259. The van der Waals surface area contributed by atoms with Gasteiger partial charge in [-0.2, -0.15) is 0 Å². The zero-order chi connectivity index (χ0) is 29.4. The van der Waals surface area contributed by atoms with E-state index in [9.17, 15) is 9.59 Å². The summed E-state index contributed by atoms with van der Waals surface area (Å²) in [7, 11) is 5.92. The second-order valence-electron chi connectivity index (χ2n) is 12.0. The summed E-state index contributed by atoms with van der Waals surface area (Å²) in [4.78, 5) is 37.2. The van der Waals surface area contributed by atoms with Gasteiger partial charge in [-0.3, -0.25) is 9.59 Å². The summed E-state index contributed by atoms with van der Waals surface area (Å²) in [5.74, 6) is 2.07. The van der Waals surface area contributed by atoms with Gasteiger partial charge in [0.15, 0.2) is 0 Å². The number of hydrogen-bond acceptors (Lipinski definition) is 6. The minimum atomic E-state index is -0.0756. The third-order valence-electron chi connectivity index (χ3n) is 9.03. The van der Waals surface area contributed by atoms with Crippen molar-refractivity contribution in [1.82, 2.24) is 19.9 Å². The van der Waals surface area contributed by atoms with E-state index in [1.54, 1.807) is 7.11 Å². The summed E-state index contributed by atoms with van der Waals surface area (Å²) >= 11 is 0. The molecule has 2 aliphatic carbocycles. The highest BCUT2D eigenvalue weighted by Gasteiger charge is 2.57. The number of rotatable bonds is 12. The first-order valence-electron chi connectivity index (χ1n) is 15.2. The number of nitrogens with zero attached hydrogens (tertiary/aromatic N) is 3. The number of carbonyl (C=O) groups is 2. The van der Waals surface area contributed by atoms with Gasteiger partial charge in [0.2, 0.25) is 11.8 Å². The topological polar surface area (TPSA) is 114 Å². The number of carbonyl (C=O) groups excluding carboxylic acids is 2. The molecule has 0 saturated heterocycles. The van der Waals surface area contributed by atoms with Crippen LogP contribution in [0.4, 0.5) is 0 Å². The van der Waals surface area contributed by atoms with Crippen LogP contribution in [0.25, 0.3) is 22.2 Å². The monoisotopic (exact) mass is 561 g/mol. The Morgan fingerprint density at radius 1 is 1.12 bits per heavy atom. The summed E-state index contributed by atoms with van der Waals surface area (Å²) in [5, 5.41) is 1.08. The molecule has 1 atom stereocenters. The van der Waals surface area contributed by atoms with Crippen LogP contribution in [0.3, 0.4) is 0 Å². The van der Waals surface area contributed by atoms with Gasteiger partial charge in [0.25, 0.3) is 0 Å². The van der Waals surface area contributed by atoms with E-state index in [-0.39, 0.29) is 11.8 Å². The zero-order valence-electron chi connectivity index (χ0n) is 25.2. The lowest BCUT2D eigenvalue weighted by Crippen LogP contribution is -2.34. The molecule has 41 heavy (non-hydrogen) atoms. The highest BCUT2D eigenvalue weighted by Crippen LogP contribution is 2.61. The van der Waals surface area contributed by atoms with Crippen LogP contribution in [0.15, 0.2) is 36.5 Å². The first-order chi connectivity index (χ1) is 19.8. The molecule has 1 spiro atoms. The standard InChI is InChI=1S/C22H27N3O2.C11H20N2O/c1-3-17(26)11-6-4-5-7-13-21-23-15-20(24-21)18-14-16-10-8-9-12-19(16)25-22(18)27-2;1-13(2)8-3-5-11(6-4-8)7-9(11)10(12)14/h8-10,12,14-15H,3-7,11,13H2,1-2H3,(H,23,24);8-9H,3-7H2,1-2H3,(H2,12,14). The summed E-state index contributed by atoms with van der Waals surface area (Å²) in [6.07, 6.45) is 14.3. The maximum Gasteiger partial charge on any atom is 0.223 e. The van der Waals surface area contributed by atoms with E-state index in [4.69, 9.17) is 10.5 Å². The van der Waals surface area contributed by atoms with Gasteiger partial charge in [0, 0.05) is 36.6 Å². The number of primary amides is 1. The van der Waals surface area contributed by atoms with Gasteiger partial charge in [-0.05, 0) is 76.6 Å². The van der Waals surface area contributed by atoms with E-state index in [0.29, 0.717) is 23.5 Å². The Kier molecular flexibility index (Phi) is 10.5. The normalized spacial score (nSPS) is 21.5. The number of nitrogens with two attached hydrogens (primary N) is 1. The molecule has 5 rings (SSSR count). The number of unbranched alkanes of at least 4 members (excludes halogenated alkanes) is 3. The molecule has 0 radical (unpaired) electrons.